The van der Waals surface area contributed by atoms with Crippen molar-refractivity contribution in [2.24, 2.45) is 0 Å². The number of rotatable bonds is 7. The van der Waals surface area contributed by atoms with Gasteiger partial charge in [-0.3, -0.25) is 4.79 Å². The highest BCUT2D eigenvalue weighted by molar-refractivity contribution is 5.85. The number of nitrogens with zero attached hydrogens (tertiary/aromatic N) is 2. The molecule has 2 heterocycles. The predicted octanol–water partition coefficient (Wildman–Crippen LogP) is 1.15. The number of amides is 1. The second kappa shape index (κ2) is 11.5. The third-order valence-electron chi connectivity index (χ3n) is 4.12. The summed E-state index contributed by atoms with van der Waals surface area (Å²) in [6, 6.07) is 0.440. The van der Waals surface area contributed by atoms with Crippen LogP contribution in [-0.2, 0) is 9.53 Å². The summed E-state index contributed by atoms with van der Waals surface area (Å²) in [5.74, 6) is 0.248. The van der Waals surface area contributed by atoms with Crippen LogP contribution in [0, 0.1) is 0 Å². The van der Waals surface area contributed by atoms with E-state index in [0.29, 0.717) is 19.2 Å². The van der Waals surface area contributed by atoms with Gasteiger partial charge in [-0.05, 0) is 38.8 Å². The Morgan fingerprint density at radius 1 is 1.19 bits per heavy atom. The topological polar surface area (TPSA) is 44.8 Å². The van der Waals surface area contributed by atoms with Crippen molar-refractivity contribution in [2.45, 2.75) is 31.7 Å². The lowest BCUT2D eigenvalue weighted by molar-refractivity contribution is -0.131. The van der Waals surface area contributed by atoms with Gasteiger partial charge in [-0.15, -0.1) is 24.8 Å². The average Bonchev–Trinajstić information content (AvgIpc) is 3.06. The summed E-state index contributed by atoms with van der Waals surface area (Å²) in [6.45, 7) is 6.28. The number of likely N-dealkylation sites (tertiary alicyclic amines) is 2. The van der Waals surface area contributed by atoms with E-state index in [1.54, 1.807) is 7.11 Å². The van der Waals surface area contributed by atoms with E-state index >= 15 is 0 Å². The molecule has 0 bridgehead atoms. The Morgan fingerprint density at radius 2 is 1.90 bits per heavy atom. The fourth-order valence-corrected chi connectivity index (χ4v) is 3.09. The molecule has 0 radical (unpaired) electrons. The van der Waals surface area contributed by atoms with Crippen LogP contribution in [0.3, 0.4) is 0 Å². The monoisotopic (exact) mass is 341 g/mol. The number of carbonyl (C=O) groups excluding carboxylic acids is 1. The first-order valence-electron chi connectivity index (χ1n) is 7.52. The smallest absolute Gasteiger partial charge is 0.236 e. The number of carbonyl (C=O) groups is 1. The summed E-state index contributed by atoms with van der Waals surface area (Å²) in [7, 11) is 1.68. The van der Waals surface area contributed by atoms with Crippen molar-refractivity contribution in [1.29, 1.82) is 0 Å². The van der Waals surface area contributed by atoms with Gasteiger partial charge in [0.25, 0.3) is 0 Å². The molecule has 2 rings (SSSR count). The van der Waals surface area contributed by atoms with Crippen molar-refractivity contribution < 1.29 is 9.53 Å². The van der Waals surface area contributed by atoms with Crippen molar-refractivity contribution in [2.75, 3.05) is 53.0 Å². The normalized spacial score (nSPS) is 22.0. The van der Waals surface area contributed by atoms with Crippen LogP contribution in [0.2, 0.25) is 0 Å². The molecule has 0 aliphatic carbocycles. The van der Waals surface area contributed by atoms with Crippen LogP contribution in [0.5, 0.6) is 0 Å². The molecule has 2 aliphatic rings. The third-order valence-corrected chi connectivity index (χ3v) is 4.12. The number of nitrogens with one attached hydrogen (secondary N) is 1. The van der Waals surface area contributed by atoms with Gasteiger partial charge >= 0.3 is 0 Å². The van der Waals surface area contributed by atoms with Crippen molar-refractivity contribution in [3.05, 3.63) is 0 Å². The first-order valence-corrected chi connectivity index (χ1v) is 7.52. The highest BCUT2D eigenvalue weighted by Gasteiger charge is 2.30. The second-order valence-corrected chi connectivity index (χ2v) is 5.56. The van der Waals surface area contributed by atoms with Crippen LogP contribution in [-0.4, -0.2) is 74.7 Å². The summed E-state index contributed by atoms with van der Waals surface area (Å²) >= 11 is 0. The summed E-state index contributed by atoms with van der Waals surface area (Å²) in [6.07, 6.45) is 4.96. The lowest BCUT2D eigenvalue weighted by Gasteiger charge is -2.28. The minimum Gasteiger partial charge on any atom is -0.383 e. The van der Waals surface area contributed by atoms with E-state index < -0.39 is 0 Å². The zero-order valence-corrected chi connectivity index (χ0v) is 14.5. The Morgan fingerprint density at radius 3 is 2.57 bits per heavy atom. The second-order valence-electron chi connectivity index (χ2n) is 5.56. The third kappa shape index (κ3) is 6.70. The maximum absolute atomic E-state index is 12.2. The van der Waals surface area contributed by atoms with Gasteiger partial charge in [0.05, 0.1) is 13.2 Å². The molecule has 1 N–H and O–H groups in total. The molecule has 1 amide bonds. The molecule has 2 fully saturated rings. The summed E-state index contributed by atoms with van der Waals surface area (Å²) in [5, 5.41) is 3.15. The van der Waals surface area contributed by atoms with Crippen LogP contribution < -0.4 is 5.32 Å². The molecular formula is C14H29Cl2N3O2. The van der Waals surface area contributed by atoms with Crippen LogP contribution >= 0.6 is 24.8 Å². The molecule has 2 saturated heterocycles. The number of methoxy groups -OCH3 is 1. The van der Waals surface area contributed by atoms with Crippen LogP contribution in [0.4, 0.5) is 0 Å². The van der Waals surface area contributed by atoms with E-state index in [1.165, 1.54) is 32.4 Å². The van der Waals surface area contributed by atoms with Crippen molar-refractivity contribution in [1.82, 2.24) is 15.1 Å². The van der Waals surface area contributed by atoms with E-state index in [0.717, 1.165) is 26.1 Å². The zero-order valence-electron chi connectivity index (χ0n) is 12.9. The van der Waals surface area contributed by atoms with Gasteiger partial charge < -0.3 is 19.9 Å². The van der Waals surface area contributed by atoms with Gasteiger partial charge in [0.1, 0.15) is 0 Å². The van der Waals surface area contributed by atoms with E-state index in [9.17, 15) is 4.79 Å². The quantitative estimate of drug-likeness (QED) is 0.705. The SMILES string of the molecule is COCCNCC(=O)N1CCCC1CN1CCCC1.Cl.Cl. The molecule has 1 atom stereocenters. The molecule has 21 heavy (non-hydrogen) atoms. The molecule has 7 heteroatoms. The van der Waals surface area contributed by atoms with Crippen molar-refractivity contribution in [3.8, 4) is 0 Å². The maximum Gasteiger partial charge on any atom is 0.236 e. The van der Waals surface area contributed by atoms with Gasteiger partial charge in [-0.1, -0.05) is 0 Å². The molecule has 0 aromatic rings. The molecule has 0 spiro atoms. The molecule has 0 saturated carbocycles. The minimum atomic E-state index is 0. The predicted molar refractivity (Wildman–Crippen MR) is 89.7 cm³/mol. The Balaban J connectivity index is 0.00000200. The molecule has 0 aromatic heterocycles. The molecular weight excluding hydrogens is 313 g/mol. The highest BCUT2D eigenvalue weighted by Crippen LogP contribution is 2.20. The Labute approximate surface area is 140 Å². The van der Waals surface area contributed by atoms with Gasteiger partial charge in [-0.2, -0.15) is 0 Å². The lowest BCUT2D eigenvalue weighted by atomic mass is 10.2. The van der Waals surface area contributed by atoms with Crippen molar-refractivity contribution >= 4 is 30.7 Å². The van der Waals surface area contributed by atoms with Crippen LogP contribution in [0.1, 0.15) is 25.7 Å². The minimum absolute atomic E-state index is 0. The number of halogens is 2. The largest absolute Gasteiger partial charge is 0.383 e. The first kappa shape index (κ1) is 20.9. The molecule has 0 aromatic carbocycles. The number of hydrogen-bond donors (Lipinski definition) is 1. The van der Waals surface area contributed by atoms with Crippen molar-refractivity contribution in [3.63, 3.8) is 0 Å². The molecule has 2 aliphatic heterocycles. The first-order chi connectivity index (χ1) is 9.31. The van der Waals surface area contributed by atoms with Crippen LogP contribution in [0.25, 0.3) is 0 Å². The molecule has 1 unspecified atom stereocenters. The van der Waals surface area contributed by atoms with Gasteiger partial charge in [0, 0.05) is 32.8 Å². The Kier molecular flexibility index (Phi) is 11.5. The van der Waals surface area contributed by atoms with Gasteiger partial charge in [-0.25, -0.2) is 0 Å². The highest BCUT2D eigenvalue weighted by atomic mass is 35.5. The Hall–Kier alpha value is -0.0700. The number of hydrogen-bond acceptors (Lipinski definition) is 4. The Bertz CT molecular complexity index is 289. The average molecular weight is 342 g/mol. The molecule has 5 nitrogen and oxygen atoms in total. The standard InChI is InChI=1S/C14H27N3O2.2ClH/c1-19-10-6-15-11-14(18)17-9-4-5-13(17)12-16-7-2-3-8-16;;/h13,15H,2-12H2,1H3;2*1H. The maximum atomic E-state index is 12.2. The molecule has 126 valence electrons. The lowest BCUT2D eigenvalue weighted by Crippen LogP contribution is -2.46. The van der Waals surface area contributed by atoms with E-state index in [1.807, 2.05) is 0 Å². The van der Waals surface area contributed by atoms with E-state index in [-0.39, 0.29) is 30.7 Å². The summed E-state index contributed by atoms with van der Waals surface area (Å²) in [5.41, 5.74) is 0. The van der Waals surface area contributed by atoms with E-state index in [4.69, 9.17) is 4.74 Å². The van der Waals surface area contributed by atoms with Gasteiger partial charge in [0.2, 0.25) is 5.91 Å². The number of ether oxygens (including phenoxy) is 1. The van der Waals surface area contributed by atoms with Crippen LogP contribution in [0.15, 0.2) is 0 Å². The van der Waals surface area contributed by atoms with Gasteiger partial charge in [0.15, 0.2) is 0 Å². The summed E-state index contributed by atoms with van der Waals surface area (Å²) < 4.78 is 4.96. The fraction of sp³-hybridized carbons (Fsp3) is 0.929. The van der Waals surface area contributed by atoms with E-state index in [2.05, 4.69) is 15.1 Å². The fourth-order valence-electron chi connectivity index (χ4n) is 3.09. The zero-order chi connectivity index (χ0) is 13.5. The summed E-state index contributed by atoms with van der Waals surface area (Å²) in [4.78, 5) is 16.8.